The normalized spacial score (nSPS) is 14.3. The highest BCUT2D eigenvalue weighted by Gasteiger charge is 2.25. The van der Waals surface area contributed by atoms with Gasteiger partial charge in [-0.2, -0.15) is 5.10 Å². The fourth-order valence-corrected chi connectivity index (χ4v) is 4.80. The van der Waals surface area contributed by atoms with Crippen molar-refractivity contribution in [2.75, 3.05) is 18.8 Å². The maximum absolute atomic E-state index is 5.69. The predicted octanol–water partition coefficient (Wildman–Crippen LogP) is 4.28. The van der Waals surface area contributed by atoms with Crippen LogP contribution in [0.25, 0.3) is 39.2 Å². The molecule has 5 aromatic rings. The van der Waals surface area contributed by atoms with E-state index in [1.165, 1.54) is 12.0 Å². The van der Waals surface area contributed by atoms with Crippen LogP contribution in [0.3, 0.4) is 0 Å². The van der Waals surface area contributed by atoms with Crippen LogP contribution in [0.4, 0.5) is 5.95 Å². The zero-order valence-corrected chi connectivity index (χ0v) is 20.8. The Kier molecular flexibility index (Phi) is 5.30. The van der Waals surface area contributed by atoms with Gasteiger partial charge in [0.05, 0.1) is 16.7 Å². The predicted molar refractivity (Wildman–Crippen MR) is 140 cm³/mol. The Morgan fingerprint density at radius 3 is 2.44 bits per heavy atom. The lowest BCUT2D eigenvalue weighted by molar-refractivity contribution is 0.172. The van der Waals surface area contributed by atoms with Crippen molar-refractivity contribution in [3.63, 3.8) is 0 Å². The summed E-state index contributed by atoms with van der Waals surface area (Å²) in [5, 5.41) is 4.43. The average molecular weight is 480 g/mol. The van der Waals surface area contributed by atoms with E-state index in [-0.39, 0.29) is 11.5 Å². The zero-order chi connectivity index (χ0) is 24.9. The summed E-state index contributed by atoms with van der Waals surface area (Å²) in [5.74, 6) is 1.16. The second-order valence-electron chi connectivity index (χ2n) is 10.3. The van der Waals surface area contributed by atoms with Crippen LogP contribution < -0.4 is 5.73 Å². The lowest BCUT2D eigenvalue weighted by atomic mass is 10.0. The summed E-state index contributed by atoms with van der Waals surface area (Å²) in [7, 11) is 0. The topological polar surface area (TPSA) is 104 Å². The largest absolute Gasteiger partial charge is 0.368 e. The molecule has 9 heteroatoms. The second-order valence-corrected chi connectivity index (χ2v) is 10.3. The number of anilines is 1. The van der Waals surface area contributed by atoms with Gasteiger partial charge in [-0.15, -0.1) is 0 Å². The lowest BCUT2D eigenvalue weighted by Crippen LogP contribution is -2.36. The molecule has 6 rings (SSSR count). The van der Waals surface area contributed by atoms with Crippen molar-refractivity contribution in [1.82, 2.24) is 39.2 Å². The van der Waals surface area contributed by atoms with Gasteiger partial charge in [0.1, 0.15) is 18.5 Å². The van der Waals surface area contributed by atoms with E-state index in [9.17, 15) is 0 Å². The minimum atomic E-state index is -0.205. The summed E-state index contributed by atoms with van der Waals surface area (Å²) in [4.78, 5) is 20.2. The third kappa shape index (κ3) is 4.01. The van der Waals surface area contributed by atoms with Crippen LogP contribution in [-0.4, -0.2) is 52.3 Å². The molecule has 1 aliphatic rings. The first kappa shape index (κ1) is 22.4. The Balaban J connectivity index is 1.55. The van der Waals surface area contributed by atoms with E-state index < -0.39 is 0 Å². The fraction of sp³-hybridized carbons (Fsp3) is 0.296. The Hall–Kier alpha value is -4.11. The number of nitrogen functional groups attached to an aromatic ring is 1. The highest BCUT2D eigenvalue weighted by molar-refractivity contribution is 5.87. The molecule has 0 atom stereocenters. The maximum Gasteiger partial charge on any atom is 0.219 e. The SMILES string of the molecule is CC(C)(C)n1c(-c2cc(CN3CCC3)ccc2-n2cncn2)nc2cc(-c3cnc(N)nc3)ccc21. The third-order valence-corrected chi connectivity index (χ3v) is 6.65. The molecule has 0 aliphatic carbocycles. The minimum Gasteiger partial charge on any atom is -0.368 e. The zero-order valence-electron chi connectivity index (χ0n) is 20.8. The molecule has 36 heavy (non-hydrogen) atoms. The fourth-order valence-electron chi connectivity index (χ4n) is 4.80. The highest BCUT2D eigenvalue weighted by Crippen LogP contribution is 2.36. The average Bonchev–Trinajstić information content (AvgIpc) is 3.49. The van der Waals surface area contributed by atoms with Gasteiger partial charge in [-0.25, -0.2) is 24.6 Å². The van der Waals surface area contributed by atoms with Crippen LogP contribution in [-0.2, 0) is 12.1 Å². The van der Waals surface area contributed by atoms with Crippen molar-refractivity contribution in [3.05, 3.63) is 67.0 Å². The van der Waals surface area contributed by atoms with E-state index in [0.29, 0.717) is 0 Å². The van der Waals surface area contributed by atoms with Gasteiger partial charge in [0.2, 0.25) is 5.95 Å². The molecule has 2 N–H and O–H groups in total. The summed E-state index contributed by atoms with van der Waals surface area (Å²) >= 11 is 0. The molecule has 2 aromatic carbocycles. The van der Waals surface area contributed by atoms with Gasteiger partial charge in [-0.1, -0.05) is 12.1 Å². The number of nitrogens with zero attached hydrogens (tertiary/aromatic N) is 8. The Morgan fingerprint density at radius 1 is 0.972 bits per heavy atom. The van der Waals surface area contributed by atoms with Crippen LogP contribution in [0.15, 0.2) is 61.4 Å². The highest BCUT2D eigenvalue weighted by atomic mass is 15.3. The first-order chi connectivity index (χ1) is 17.4. The second kappa shape index (κ2) is 8.53. The van der Waals surface area contributed by atoms with Crippen molar-refractivity contribution in [2.45, 2.75) is 39.3 Å². The molecule has 1 saturated heterocycles. The van der Waals surface area contributed by atoms with Crippen molar-refractivity contribution in [1.29, 1.82) is 0 Å². The number of benzene rings is 2. The molecule has 1 fully saturated rings. The summed E-state index contributed by atoms with van der Waals surface area (Å²) in [6.07, 6.45) is 8.05. The first-order valence-corrected chi connectivity index (χ1v) is 12.2. The molecule has 0 saturated carbocycles. The number of fused-ring (bicyclic) bond motifs is 1. The monoisotopic (exact) mass is 479 g/mol. The maximum atomic E-state index is 5.69. The van der Waals surface area contributed by atoms with Gasteiger partial charge in [0, 0.05) is 35.6 Å². The smallest absolute Gasteiger partial charge is 0.219 e. The molecule has 0 bridgehead atoms. The molecule has 0 amide bonds. The van der Waals surface area contributed by atoms with Gasteiger partial charge >= 0.3 is 0 Å². The molecular weight excluding hydrogens is 450 g/mol. The molecule has 0 radical (unpaired) electrons. The molecule has 1 aliphatic heterocycles. The van der Waals surface area contributed by atoms with E-state index in [1.54, 1.807) is 25.0 Å². The van der Waals surface area contributed by atoms with E-state index in [0.717, 1.165) is 58.9 Å². The van der Waals surface area contributed by atoms with Gasteiger partial charge < -0.3 is 10.3 Å². The summed E-state index contributed by atoms with van der Waals surface area (Å²) in [5.41, 5.74) is 12.6. The number of hydrogen-bond acceptors (Lipinski definition) is 7. The third-order valence-electron chi connectivity index (χ3n) is 6.65. The number of aromatic nitrogens is 7. The number of likely N-dealkylation sites (tertiary alicyclic amines) is 1. The number of rotatable bonds is 5. The van der Waals surface area contributed by atoms with Crippen molar-refractivity contribution >= 4 is 17.0 Å². The Labute approximate surface area is 209 Å². The summed E-state index contributed by atoms with van der Waals surface area (Å²) in [6, 6.07) is 12.9. The lowest BCUT2D eigenvalue weighted by Gasteiger charge is -2.31. The van der Waals surface area contributed by atoms with E-state index in [4.69, 9.17) is 10.7 Å². The quantitative estimate of drug-likeness (QED) is 0.401. The molecule has 0 unspecified atom stereocenters. The van der Waals surface area contributed by atoms with Gasteiger partial charge in [0.15, 0.2) is 0 Å². The van der Waals surface area contributed by atoms with Gasteiger partial charge in [0.25, 0.3) is 0 Å². The Morgan fingerprint density at radius 2 is 1.78 bits per heavy atom. The van der Waals surface area contributed by atoms with Gasteiger partial charge in [-0.05, 0) is 75.7 Å². The number of hydrogen-bond donors (Lipinski definition) is 1. The molecule has 4 heterocycles. The number of nitrogens with two attached hydrogens (primary N) is 1. The first-order valence-electron chi connectivity index (χ1n) is 12.2. The van der Waals surface area contributed by atoms with Crippen molar-refractivity contribution in [2.24, 2.45) is 0 Å². The summed E-state index contributed by atoms with van der Waals surface area (Å²) < 4.78 is 4.13. The number of imidazole rings is 1. The standard InChI is InChI=1S/C27H29N9/c1-27(2,3)36-24-8-6-19(20-13-30-26(28)31-14-20)12-22(24)33-25(36)21-11-18(15-34-9-4-10-34)5-7-23(21)35-17-29-16-32-35/h5-8,11-14,16-17H,4,9-10,15H2,1-3H3,(H2,28,30,31). The van der Waals surface area contributed by atoms with Crippen molar-refractivity contribution < 1.29 is 0 Å². The minimum absolute atomic E-state index is 0.205. The van der Waals surface area contributed by atoms with Crippen LogP contribution >= 0.6 is 0 Å². The Bertz CT molecular complexity index is 1520. The van der Waals surface area contributed by atoms with Gasteiger partial charge in [-0.3, -0.25) is 4.90 Å². The van der Waals surface area contributed by atoms with Crippen LogP contribution in [0.1, 0.15) is 32.8 Å². The van der Waals surface area contributed by atoms with E-state index in [2.05, 4.69) is 86.7 Å². The molecule has 3 aromatic heterocycles. The molecule has 182 valence electrons. The van der Waals surface area contributed by atoms with Crippen molar-refractivity contribution in [3.8, 4) is 28.2 Å². The molecule has 9 nitrogen and oxygen atoms in total. The van der Waals surface area contributed by atoms with E-state index in [1.807, 2.05) is 4.68 Å². The molecular formula is C27H29N9. The molecule has 0 spiro atoms. The van der Waals surface area contributed by atoms with Crippen LogP contribution in [0.2, 0.25) is 0 Å². The van der Waals surface area contributed by atoms with E-state index >= 15 is 0 Å². The summed E-state index contributed by atoms with van der Waals surface area (Å²) in [6.45, 7) is 9.85. The van der Waals surface area contributed by atoms with Crippen LogP contribution in [0.5, 0.6) is 0 Å². The van der Waals surface area contributed by atoms with Crippen LogP contribution in [0, 0.1) is 0 Å².